The van der Waals surface area contributed by atoms with Gasteiger partial charge in [-0.05, 0) is 25.5 Å². The lowest BCUT2D eigenvalue weighted by molar-refractivity contribution is 0.0979. The van der Waals surface area contributed by atoms with Gasteiger partial charge in [-0.3, -0.25) is 9.78 Å². The fourth-order valence-corrected chi connectivity index (χ4v) is 2.11. The molecule has 2 heteroatoms. The number of hydrogen-bond donors (Lipinski definition) is 0. The SMILES string of the molecule is CCCCCCCCCC(=O)c1ccnc(C)c1. The van der Waals surface area contributed by atoms with E-state index in [0.29, 0.717) is 6.42 Å². The highest BCUT2D eigenvalue weighted by atomic mass is 16.1. The van der Waals surface area contributed by atoms with Crippen LogP contribution in [0, 0.1) is 6.92 Å². The largest absolute Gasteiger partial charge is 0.294 e. The predicted molar refractivity (Wildman–Crippen MR) is 75.9 cm³/mol. The molecule has 0 bridgehead atoms. The maximum absolute atomic E-state index is 11.9. The first-order chi connectivity index (χ1) is 8.74. The van der Waals surface area contributed by atoms with Crippen molar-refractivity contribution >= 4 is 5.78 Å². The van der Waals surface area contributed by atoms with Gasteiger partial charge in [0.1, 0.15) is 0 Å². The van der Waals surface area contributed by atoms with E-state index in [-0.39, 0.29) is 5.78 Å². The van der Waals surface area contributed by atoms with Crippen LogP contribution in [0.4, 0.5) is 0 Å². The van der Waals surface area contributed by atoms with Crippen LogP contribution >= 0.6 is 0 Å². The molecule has 0 saturated carbocycles. The van der Waals surface area contributed by atoms with Gasteiger partial charge in [0.15, 0.2) is 5.78 Å². The summed E-state index contributed by atoms with van der Waals surface area (Å²) in [6, 6.07) is 3.69. The first-order valence-electron chi connectivity index (χ1n) is 7.20. The Morgan fingerprint density at radius 1 is 1.11 bits per heavy atom. The number of nitrogens with zero attached hydrogens (tertiary/aromatic N) is 1. The maximum atomic E-state index is 11.9. The number of aromatic nitrogens is 1. The van der Waals surface area contributed by atoms with Gasteiger partial charge in [-0.2, -0.15) is 0 Å². The summed E-state index contributed by atoms with van der Waals surface area (Å²) in [6.07, 6.45) is 11.2. The van der Waals surface area contributed by atoms with Gasteiger partial charge in [0.05, 0.1) is 0 Å². The molecule has 1 aromatic rings. The molecule has 0 aliphatic carbocycles. The van der Waals surface area contributed by atoms with Gasteiger partial charge in [0.2, 0.25) is 0 Å². The molecule has 0 N–H and O–H groups in total. The molecule has 0 unspecified atom stereocenters. The molecule has 0 atom stereocenters. The number of Topliss-reactive ketones (excluding diaryl/α,β-unsaturated/α-hetero) is 1. The Balaban J connectivity index is 2.14. The molecule has 1 heterocycles. The third-order valence-corrected chi connectivity index (χ3v) is 3.23. The molecule has 0 saturated heterocycles. The smallest absolute Gasteiger partial charge is 0.162 e. The van der Waals surface area contributed by atoms with E-state index in [1.807, 2.05) is 19.1 Å². The fourth-order valence-electron chi connectivity index (χ4n) is 2.11. The molecule has 0 spiro atoms. The lowest BCUT2D eigenvalue weighted by Crippen LogP contribution is -2.00. The minimum atomic E-state index is 0.258. The van der Waals surface area contributed by atoms with Crippen LogP contribution in [-0.4, -0.2) is 10.8 Å². The second-order valence-electron chi connectivity index (χ2n) is 4.98. The van der Waals surface area contributed by atoms with Crippen molar-refractivity contribution < 1.29 is 4.79 Å². The van der Waals surface area contributed by atoms with Crippen molar-refractivity contribution in [3.05, 3.63) is 29.6 Å². The summed E-state index contributed by atoms with van der Waals surface area (Å²) in [7, 11) is 0. The normalized spacial score (nSPS) is 10.6. The molecule has 0 fully saturated rings. The first kappa shape index (κ1) is 14.9. The second kappa shape index (κ2) is 8.84. The Morgan fingerprint density at radius 3 is 2.44 bits per heavy atom. The van der Waals surface area contributed by atoms with Crippen molar-refractivity contribution in [2.75, 3.05) is 0 Å². The van der Waals surface area contributed by atoms with Crippen LogP contribution in [0.3, 0.4) is 0 Å². The molecule has 1 aromatic heterocycles. The van der Waals surface area contributed by atoms with Crippen LogP contribution in [-0.2, 0) is 0 Å². The predicted octanol–water partition coefficient (Wildman–Crippen LogP) is 4.71. The summed E-state index contributed by atoms with van der Waals surface area (Å²) in [5.74, 6) is 0.258. The monoisotopic (exact) mass is 247 g/mol. The lowest BCUT2D eigenvalue weighted by Gasteiger charge is -2.02. The summed E-state index contributed by atoms with van der Waals surface area (Å²) < 4.78 is 0. The van der Waals surface area contributed by atoms with E-state index >= 15 is 0 Å². The van der Waals surface area contributed by atoms with Crippen molar-refractivity contribution in [2.45, 2.75) is 65.2 Å². The summed E-state index contributed by atoms with van der Waals surface area (Å²) in [5, 5.41) is 0. The quantitative estimate of drug-likeness (QED) is 0.467. The summed E-state index contributed by atoms with van der Waals surface area (Å²) in [6.45, 7) is 4.15. The van der Waals surface area contributed by atoms with E-state index in [4.69, 9.17) is 0 Å². The van der Waals surface area contributed by atoms with Crippen molar-refractivity contribution in [3.8, 4) is 0 Å². The van der Waals surface area contributed by atoms with Gasteiger partial charge < -0.3 is 0 Å². The number of carbonyl (C=O) groups is 1. The van der Waals surface area contributed by atoms with Gasteiger partial charge in [-0.15, -0.1) is 0 Å². The van der Waals surface area contributed by atoms with E-state index in [2.05, 4.69) is 11.9 Å². The zero-order valence-electron chi connectivity index (χ0n) is 11.7. The third kappa shape index (κ3) is 5.95. The standard InChI is InChI=1S/C16H25NO/c1-3-4-5-6-7-8-9-10-16(18)15-11-12-17-14(2)13-15/h11-13H,3-10H2,1-2H3. The van der Waals surface area contributed by atoms with Gasteiger partial charge >= 0.3 is 0 Å². The number of aryl methyl sites for hydroxylation is 1. The molecule has 100 valence electrons. The molecule has 18 heavy (non-hydrogen) atoms. The Hall–Kier alpha value is -1.18. The molecule has 2 nitrogen and oxygen atoms in total. The topological polar surface area (TPSA) is 30.0 Å². The van der Waals surface area contributed by atoms with Gasteiger partial charge in [-0.25, -0.2) is 0 Å². The number of pyridine rings is 1. The van der Waals surface area contributed by atoms with Crippen molar-refractivity contribution in [1.82, 2.24) is 4.98 Å². The van der Waals surface area contributed by atoms with E-state index < -0.39 is 0 Å². The summed E-state index contributed by atoms with van der Waals surface area (Å²) in [5.41, 5.74) is 1.73. The van der Waals surface area contributed by atoms with Crippen LogP contribution in [0.25, 0.3) is 0 Å². The Bertz CT molecular complexity index is 360. The Morgan fingerprint density at radius 2 is 1.78 bits per heavy atom. The molecule has 0 aliphatic heterocycles. The van der Waals surface area contributed by atoms with E-state index in [1.165, 1.54) is 38.5 Å². The summed E-state index contributed by atoms with van der Waals surface area (Å²) in [4.78, 5) is 16.0. The van der Waals surface area contributed by atoms with E-state index in [0.717, 1.165) is 17.7 Å². The Labute approximate surface area is 111 Å². The zero-order valence-corrected chi connectivity index (χ0v) is 11.7. The minimum absolute atomic E-state index is 0.258. The fraction of sp³-hybridized carbons (Fsp3) is 0.625. The van der Waals surface area contributed by atoms with Gasteiger partial charge in [-0.1, -0.05) is 45.4 Å². The molecular formula is C16H25NO. The number of ketones is 1. The van der Waals surface area contributed by atoms with Crippen LogP contribution in [0.1, 0.15) is 74.3 Å². The molecule has 1 rings (SSSR count). The van der Waals surface area contributed by atoms with Gasteiger partial charge in [0, 0.05) is 23.9 Å². The number of carbonyl (C=O) groups excluding carboxylic acids is 1. The van der Waals surface area contributed by atoms with E-state index in [1.54, 1.807) is 6.20 Å². The van der Waals surface area contributed by atoms with Crippen LogP contribution < -0.4 is 0 Å². The molecular weight excluding hydrogens is 222 g/mol. The Kier molecular flexibility index (Phi) is 7.31. The number of hydrogen-bond acceptors (Lipinski definition) is 2. The molecule has 0 aromatic carbocycles. The van der Waals surface area contributed by atoms with E-state index in [9.17, 15) is 4.79 Å². The number of rotatable bonds is 9. The third-order valence-electron chi connectivity index (χ3n) is 3.23. The molecule has 0 radical (unpaired) electrons. The van der Waals surface area contributed by atoms with Crippen LogP contribution in [0.5, 0.6) is 0 Å². The zero-order chi connectivity index (χ0) is 13.2. The highest BCUT2D eigenvalue weighted by molar-refractivity contribution is 5.95. The first-order valence-corrected chi connectivity index (χ1v) is 7.20. The van der Waals surface area contributed by atoms with Crippen molar-refractivity contribution in [2.24, 2.45) is 0 Å². The van der Waals surface area contributed by atoms with Crippen molar-refractivity contribution in [1.29, 1.82) is 0 Å². The maximum Gasteiger partial charge on any atom is 0.162 e. The molecule has 0 amide bonds. The second-order valence-corrected chi connectivity index (χ2v) is 4.98. The minimum Gasteiger partial charge on any atom is -0.294 e. The highest BCUT2D eigenvalue weighted by Crippen LogP contribution is 2.11. The lowest BCUT2D eigenvalue weighted by atomic mass is 10.0. The average Bonchev–Trinajstić information content (AvgIpc) is 2.37. The molecule has 0 aliphatic rings. The van der Waals surface area contributed by atoms with Crippen LogP contribution in [0.2, 0.25) is 0 Å². The average molecular weight is 247 g/mol. The van der Waals surface area contributed by atoms with Crippen LogP contribution in [0.15, 0.2) is 18.3 Å². The van der Waals surface area contributed by atoms with Crippen molar-refractivity contribution in [3.63, 3.8) is 0 Å². The summed E-state index contributed by atoms with van der Waals surface area (Å²) >= 11 is 0. The van der Waals surface area contributed by atoms with Gasteiger partial charge in [0.25, 0.3) is 0 Å². The number of unbranched alkanes of at least 4 members (excludes halogenated alkanes) is 6. The highest BCUT2D eigenvalue weighted by Gasteiger charge is 2.05.